The van der Waals surface area contributed by atoms with Gasteiger partial charge in [0.05, 0.1) is 5.69 Å². The van der Waals surface area contributed by atoms with Crippen molar-refractivity contribution in [1.29, 1.82) is 0 Å². The molecular formula is C21H24N2O. The first-order valence-corrected chi connectivity index (χ1v) is 9.19. The average Bonchev–Trinajstić information content (AvgIpc) is 2.56. The predicted molar refractivity (Wildman–Crippen MR) is 95.0 cm³/mol. The van der Waals surface area contributed by atoms with Crippen LogP contribution in [0.25, 0.3) is 0 Å². The molecule has 4 fully saturated rings. The lowest BCUT2D eigenvalue weighted by Gasteiger charge is -2.57. The number of rotatable bonds is 3. The highest BCUT2D eigenvalue weighted by atomic mass is 16.5. The van der Waals surface area contributed by atoms with Crippen molar-refractivity contribution < 1.29 is 4.74 Å². The van der Waals surface area contributed by atoms with Gasteiger partial charge in [0.15, 0.2) is 0 Å². The third kappa shape index (κ3) is 2.29. The Hall–Kier alpha value is -2.03. The van der Waals surface area contributed by atoms with Crippen LogP contribution in [0.4, 0.5) is 5.69 Å². The summed E-state index contributed by atoms with van der Waals surface area (Å²) in [6, 6.07) is 12.4. The van der Waals surface area contributed by atoms with Gasteiger partial charge in [-0.1, -0.05) is 12.1 Å². The molecule has 1 heterocycles. The second-order valence-electron chi connectivity index (χ2n) is 8.22. The molecule has 0 aliphatic heterocycles. The number of nitrogen functional groups attached to an aromatic ring is 1. The first-order chi connectivity index (χ1) is 11.7. The maximum absolute atomic E-state index is 5.91. The standard InChI is InChI=1S/C21H24N2O/c22-19-2-1-7-23-20(19)24-18-5-3-17(4-6-18)21-11-14-8-15(12-21)10-16(9-14)13-21/h1-7,14-16H,8-13,22H2. The van der Waals surface area contributed by atoms with Gasteiger partial charge in [-0.25, -0.2) is 4.98 Å². The Morgan fingerprint density at radius 3 is 2.12 bits per heavy atom. The highest BCUT2D eigenvalue weighted by Crippen LogP contribution is 2.60. The van der Waals surface area contributed by atoms with E-state index < -0.39 is 0 Å². The first kappa shape index (κ1) is 14.3. The molecule has 2 N–H and O–H groups in total. The molecule has 0 radical (unpaired) electrons. The molecule has 4 aliphatic rings. The van der Waals surface area contributed by atoms with Gasteiger partial charge in [-0.3, -0.25) is 0 Å². The van der Waals surface area contributed by atoms with E-state index >= 15 is 0 Å². The number of nitrogens with two attached hydrogens (primary N) is 1. The van der Waals surface area contributed by atoms with Gasteiger partial charge >= 0.3 is 0 Å². The first-order valence-electron chi connectivity index (χ1n) is 9.19. The SMILES string of the molecule is Nc1cccnc1Oc1ccc(C23CC4CC(CC(C4)C2)C3)cc1. The third-order valence-electron chi connectivity index (χ3n) is 6.52. The van der Waals surface area contributed by atoms with Gasteiger partial charge in [-0.15, -0.1) is 0 Å². The Morgan fingerprint density at radius 2 is 1.54 bits per heavy atom. The Morgan fingerprint density at radius 1 is 0.917 bits per heavy atom. The molecule has 6 rings (SSSR count). The minimum absolute atomic E-state index is 0.442. The van der Waals surface area contributed by atoms with Crippen molar-refractivity contribution in [3.8, 4) is 11.6 Å². The Bertz CT molecular complexity index is 717. The summed E-state index contributed by atoms with van der Waals surface area (Å²) in [5, 5.41) is 0. The van der Waals surface area contributed by atoms with E-state index in [1.165, 1.54) is 44.1 Å². The summed E-state index contributed by atoms with van der Waals surface area (Å²) >= 11 is 0. The third-order valence-corrected chi connectivity index (χ3v) is 6.52. The topological polar surface area (TPSA) is 48.1 Å². The summed E-state index contributed by atoms with van der Waals surface area (Å²) in [6.07, 6.45) is 10.3. The van der Waals surface area contributed by atoms with E-state index in [1.807, 2.05) is 12.1 Å². The van der Waals surface area contributed by atoms with Crippen LogP contribution in [0.5, 0.6) is 11.6 Å². The number of hydrogen-bond donors (Lipinski definition) is 1. The summed E-state index contributed by atoms with van der Waals surface area (Å²) in [7, 11) is 0. The molecule has 3 heteroatoms. The van der Waals surface area contributed by atoms with Crippen molar-refractivity contribution >= 4 is 5.69 Å². The lowest BCUT2D eigenvalue weighted by atomic mass is 9.48. The van der Waals surface area contributed by atoms with Gasteiger partial charge in [0.2, 0.25) is 5.88 Å². The van der Waals surface area contributed by atoms with Crippen molar-refractivity contribution in [3.63, 3.8) is 0 Å². The Kier molecular flexibility index (Phi) is 3.12. The van der Waals surface area contributed by atoms with Crippen molar-refractivity contribution in [1.82, 2.24) is 4.98 Å². The molecule has 4 bridgehead atoms. The lowest BCUT2D eigenvalue weighted by molar-refractivity contribution is -0.00519. The minimum atomic E-state index is 0.442. The quantitative estimate of drug-likeness (QED) is 0.873. The molecule has 2 aromatic rings. The highest BCUT2D eigenvalue weighted by molar-refractivity contribution is 5.49. The second kappa shape index (κ2) is 5.23. The second-order valence-corrected chi connectivity index (χ2v) is 8.22. The molecule has 4 saturated carbocycles. The van der Waals surface area contributed by atoms with Gasteiger partial charge < -0.3 is 10.5 Å². The zero-order chi connectivity index (χ0) is 16.1. The van der Waals surface area contributed by atoms with Crippen molar-refractivity contribution in [2.45, 2.75) is 43.9 Å². The number of pyridine rings is 1. The fraction of sp³-hybridized carbons (Fsp3) is 0.476. The molecule has 0 amide bonds. The fourth-order valence-electron chi connectivity index (χ4n) is 5.94. The van der Waals surface area contributed by atoms with E-state index in [0.29, 0.717) is 17.0 Å². The Labute approximate surface area is 143 Å². The molecule has 0 saturated heterocycles. The molecule has 24 heavy (non-hydrogen) atoms. The molecule has 3 nitrogen and oxygen atoms in total. The van der Waals surface area contributed by atoms with Gasteiger partial charge in [0.25, 0.3) is 0 Å². The number of hydrogen-bond acceptors (Lipinski definition) is 3. The zero-order valence-electron chi connectivity index (χ0n) is 13.9. The molecule has 1 aromatic carbocycles. The lowest BCUT2D eigenvalue weighted by Crippen LogP contribution is -2.48. The number of aromatic nitrogens is 1. The zero-order valence-corrected chi connectivity index (χ0v) is 13.9. The van der Waals surface area contributed by atoms with Crippen molar-refractivity contribution in [2.75, 3.05) is 5.73 Å². The smallest absolute Gasteiger partial charge is 0.242 e. The van der Waals surface area contributed by atoms with Crippen LogP contribution in [0, 0.1) is 17.8 Å². The van der Waals surface area contributed by atoms with Crippen LogP contribution in [0.1, 0.15) is 44.1 Å². The van der Waals surface area contributed by atoms with Gasteiger partial charge in [0, 0.05) is 6.20 Å². The van der Waals surface area contributed by atoms with E-state index in [4.69, 9.17) is 10.5 Å². The maximum Gasteiger partial charge on any atom is 0.242 e. The number of benzene rings is 1. The summed E-state index contributed by atoms with van der Waals surface area (Å²) in [5.41, 5.74) is 8.44. The number of anilines is 1. The van der Waals surface area contributed by atoms with Gasteiger partial charge in [-0.05, 0) is 91.5 Å². The summed E-state index contributed by atoms with van der Waals surface area (Å²) < 4.78 is 5.85. The molecule has 4 aliphatic carbocycles. The molecule has 1 aromatic heterocycles. The van der Waals surface area contributed by atoms with Crippen LogP contribution < -0.4 is 10.5 Å². The van der Waals surface area contributed by atoms with Crippen LogP contribution in [-0.4, -0.2) is 4.98 Å². The number of nitrogens with zero attached hydrogens (tertiary/aromatic N) is 1. The average molecular weight is 320 g/mol. The Balaban J connectivity index is 1.40. The van der Waals surface area contributed by atoms with Crippen LogP contribution in [0.2, 0.25) is 0 Å². The normalized spacial score (nSPS) is 33.6. The van der Waals surface area contributed by atoms with Crippen LogP contribution in [-0.2, 0) is 5.41 Å². The molecular weight excluding hydrogens is 296 g/mol. The van der Waals surface area contributed by atoms with E-state index in [-0.39, 0.29) is 0 Å². The van der Waals surface area contributed by atoms with Gasteiger partial charge in [0.1, 0.15) is 5.75 Å². The fourth-order valence-corrected chi connectivity index (χ4v) is 5.94. The molecule has 0 unspecified atom stereocenters. The van der Waals surface area contributed by atoms with E-state index in [2.05, 4.69) is 29.2 Å². The van der Waals surface area contributed by atoms with Crippen molar-refractivity contribution in [3.05, 3.63) is 48.2 Å². The van der Waals surface area contributed by atoms with Crippen molar-refractivity contribution in [2.24, 2.45) is 17.8 Å². The monoisotopic (exact) mass is 320 g/mol. The summed E-state index contributed by atoms with van der Waals surface area (Å²) in [4.78, 5) is 4.20. The number of ether oxygens (including phenoxy) is 1. The predicted octanol–water partition coefficient (Wildman–Crippen LogP) is 4.92. The molecule has 0 spiro atoms. The highest BCUT2D eigenvalue weighted by Gasteiger charge is 2.51. The van der Waals surface area contributed by atoms with E-state index in [1.54, 1.807) is 6.20 Å². The molecule has 124 valence electrons. The molecule has 0 atom stereocenters. The van der Waals surface area contributed by atoms with Crippen LogP contribution >= 0.6 is 0 Å². The summed E-state index contributed by atoms with van der Waals surface area (Å²) in [6.45, 7) is 0. The summed E-state index contributed by atoms with van der Waals surface area (Å²) in [5.74, 6) is 4.22. The van der Waals surface area contributed by atoms with E-state index in [9.17, 15) is 0 Å². The largest absolute Gasteiger partial charge is 0.437 e. The van der Waals surface area contributed by atoms with Crippen LogP contribution in [0.15, 0.2) is 42.6 Å². The minimum Gasteiger partial charge on any atom is -0.437 e. The van der Waals surface area contributed by atoms with Gasteiger partial charge in [-0.2, -0.15) is 0 Å². The van der Waals surface area contributed by atoms with Crippen LogP contribution in [0.3, 0.4) is 0 Å². The van der Waals surface area contributed by atoms with E-state index in [0.717, 1.165) is 23.5 Å². The maximum atomic E-state index is 5.91.